The lowest BCUT2D eigenvalue weighted by Gasteiger charge is -2.35. The average molecular weight is 869 g/mol. The molecule has 5 aromatic rings. The van der Waals surface area contributed by atoms with Gasteiger partial charge in [0.25, 0.3) is 0 Å². The van der Waals surface area contributed by atoms with Crippen molar-refractivity contribution in [2.75, 3.05) is 40.6 Å². The molecule has 64 heavy (non-hydrogen) atoms. The lowest BCUT2D eigenvalue weighted by molar-refractivity contribution is -0.138. The number of nitrogens with zero attached hydrogens (tertiary/aromatic N) is 4. The highest BCUT2D eigenvalue weighted by atomic mass is 16.5. The van der Waals surface area contributed by atoms with E-state index in [0.29, 0.717) is 63.9 Å². The smallest absolute Gasteiger partial charge is 0.407 e. The van der Waals surface area contributed by atoms with Crippen LogP contribution in [0.3, 0.4) is 0 Å². The summed E-state index contributed by atoms with van der Waals surface area (Å²) in [7, 11) is 2.64. The molecule has 6 aliphatic rings. The highest BCUT2D eigenvalue weighted by Crippen LogP contribution is 2.55. The number of imidazole rings is 2. The Hall–Kier alpha value is -6.18. The highest BCUT2D eigenvalue weighted by Gasteiger charge is 2.58. The first-order valence-corrected chi connectivity index (χ1v) is 22.7. The van der Waals surface area contributed by atoms with Crippen molar-refractivity contribution in [3.8, 4) is 11.8 Å². The van der Waals surface area contributed by atoms with Crippen LogP contribution in [0, 0.1) is 35.5 Å². The minimum Gasteiger partial charge on any atom is -0.453 e. The Morgan fingerprint density at radius 2 is 1.20 bits per heavy atom. The van der Waals surface area contributed by atoms with Crippen molar-refractivity contribution in [1.82, 2.24) is 40.4 Å². The van der Waals surface area contributed by atoms with Crippen LogP contribution in [0.2, 0.25) is 0 Å². The first-order valence-electron chi connectivity index (χ1n) is 22.7. The normalized spacial score (nSPS) is 26.2. The number of benzene rings is 3. The van der Waals surface area contributed by atoms with Gasteiger partial charge in [-0.3, -0.25) is 9.59 Å². The zero-order chi connectivity index (χ0) is 43.6. The van der Waals surface area contributed by atoms with Crippen molar-refractivity contribution in [3.05, 3.63) is 71.3 Å². The zero-order valence-electron chi connectivity index (χ0n) is 35.9. The SMILES string of the molecule is COC(=O)NC(C(=O)N1[C@@H]2C[C@@H]2C[C@H]1c1nc2c(ccc3cc(C#Cc4ccc5nc([C@@H]6C[C@H]7C[C@H]7N6C(=O)[C@@H](NC(=O)OC)C6CCOCC6)[nH]c5c4)ccc32)[nH]1)C1CCOCC1. The number of amides is 4. The van der Waals surface area contributed by atoms with Gasteiger partial charge >= 0.3 is 12.2 Å². The molecule has 2 aromatic heterocycles. The van der Waals surface area contributed by atoms with E-state index in [2.05, 4.69) is 50.6 Å². The Kier molecular flexibility index (Phi) is 10.4. The van der Waals surface area contributed by atoms with Crippen LogP contribution in [0.4, 0.5) is 9.59 Å². The molecule has 0 radical (unpaired) electrons. The molecule has 4 aliphatic heterocycles. The number of fused-ring (bicyclic) bond motifs is 6. The molecule has 2 aliphatic carbocycles. The van der Waals surface area contributed by atoms with Crippen molar-refractivity contribution < 1.29 is 38.1 Å². The van der Waals surface area contributed by atoms with Gasteiger partial charge in [0.1, 0.15) is 23.7 Å². The molecule has 16 nitrogen and oxygen atoms in total. The molecule has 6 heterocycles. The Balaban J connectivity index is 0.814. The largest absolute Gasteiger partial charge is 0.453 e. The summed E-state index contributed by atoms with van der Waals surface area (Å²) in [5, 5.41) is 7.71. The van der Waals surface area contributed by atoms with Gasteiger partial charge in [0.15, 0.2) is 0 Å². The summed E-state index contributed by atoms with van der Waals surface area (Å²) < 4.78 is 21.0. The summed E-state index contributed by atoms with van der Waals surface area (Å²) in [5.74, 6) is 8.79. The van der Waals surface area contributed by atoms with Gasteiger partial charge in [-0.1, -0.05) is 24.0 Å². The van der Waals surface area contributed by atoms with Crippen LogP contribution in [0.25, 0.3) is 32.8 Å². The minimum absolute atomic E-state index is 0.0322. The fourth-order valence-electron chi connectivity index (χ4n) is 11.1. The Morgan fingerprint density at radius 3 is 1.78 bits per heavy atom. The van der Waals surface area contributed by atoms with Gasteiger partial charge in [0.2, 0.25) is 11.8 Å². The summed E-state index contributed by atoms with van der Waals surface area (Å²) in [6.07, 6.45) is 5.13. The minimum atomic E-state index is -0.688. The number of rotatable bonds is 8. The summed E-state index contributed by atoms with van der Waals surface area (Å²) in [5.41, 5.74) is 5.07. The van der Waals surface area contributed by atoms with E-state index < -0.39 is 24.3 Å². The van der Waals surface area contributed by atoms with E-state index in [0.717, 1.165) is 81.3 Å². The number of ether oxygens (including phenoxy) is 4. The van der Waals surface area contributed by atoms with Gasteiger partial charge in [-0.25, -0.2) is 19.6 Å². The number of piperidine rings is 2. The third-order valence-corrected chi connectivity index (χ3v) is 14.6. The number of nitrogens with one attached hydrogen (secondary N) is 4. The fraction of sp³-hybridized carbons (Fsp3) is 0.500. The van der Waals surface area contributed by atoms with E-state index in [9.17, 15) is 19.2 Å². The second-order valence-electron chi connectivity index (χ2n) is 18.4. The van der Waals surface area contributed by atoms with Crippen molar-refractivity contribution in [1.29, 1.82) is 0 Å². The predicted molar refractivity (Wildman–Crippen MR) is 234 cm³/mol. The van der Waals surface area contributed by atoms with Crippen molar-refractivity contribution >= 4 is 56.8 Å². The first-order chi connectivity index (χ1) is 31.2. The molecule has 3 aromatic carbocycles. The van der Waals surface area contributed by atoms with Crippen LogP contribution < -0.4 is 10.6 Å². The number of hydrogen-bond acceptors (Lipinski definition) is 10. The van der Waals surface area contributed by atoms with Crippen LogP contribution >= 0.6 is 0 Å². The topological polar surface area (TPSA) is 193 Å². The van der Waals surface area contributed by atoms with Crippen molar-refractivity contribution in [2.45, 2.75) is 87.6 Å². The van der Waals surface area contributed by atoms with E-state index in [4.69, 9.17) is 28.9 Å². The van der Waals surface area contributed by atoms with Gasteiger partial charge in [-0.05, 0) is 117 Å². The molecule has 4 N–H and O–H groups in total. The molecule has 1 unspecified atom stereocenters. The molecule has 0 spiro atoms. The Morgan fingerprint density at radius 1 is 0.672 bits per heavy atom. The third kappa shape index (κ3) is 7.47. The Bertz CT molecular complexity index is 2730. The second kappa shape index (κ2) is 16.4. The summed E-state index contributed by atoms with van der Waals surface area (Å²) >= 11 is 0. The molecular formula is C48H52N8O8. The lowest BCUT2D eigenvalue weighted by Crippen LogP contribution is -2.54. The second-order valence-corrected chi connectivity index (χ2v) is 18.4. The molecule has 16 heteroatoms. The number of H-pyrrole nitrogens is 2. The molecule has 4 saturated heterocycles. The van der Waals surface area contributed by atoms with Crippen LogP contribution in [-0.2, 0) is 28.5 Å². The number of carbonyl (C=O) groups is 4. The van der Waals surface area contributed by atoms with E-state index >= 15 is 0 Å². The molecule has 4 amide bonds. The lowest BCUT2D eigenvalue weighted by atomic mass is 9.90. The van der Waals surface area contributed by atoms with E-state index in [-0.39, 0.29) is 47.8 Å². The monoisotopic (exact) mass is 868 g/mol. The number of likely N-dealkylation sites (tertiary alicyclic amines) is 2. The van der Waals surface area contributed by atoms with Gasteiger partial charge in [-0.15, -0.1) is 0 Å². The standard InChI is InChI=1S/C48H52N8O8/c1-61-47(59)53-40(27-11-15-63-16-12-27)45(57)55-36-21-30(36)23-38(55)43-49-33-9-6-26(20-35(33)51-43)4-3-25-5-8-32-29(19-25)7-10-34-42(32)52-44(50-34)39-24-31-22-37(31)56(39)46(58)41(54-48(60)62-2)28-13-17-64-18-14-28/h5-10,19-20,27-28,30-31,36-41H,11-18,21-24H2,1-2H3,(H,49,51)(H,50,52)(H,53,59)(H,54,60)/t30-,31-,36-,37-,38+,39+,40+,41?/m1/s1. The van der Waals surface area contributed by atoms with Crippen LogP contribution in [-0.4, -0.2) is 119 Å². The van der Waals surface area contributed by atoms with Gasteiger partial charge in [0.05, 0.1) is 48.4 Å². The number of aromatic nitrogens is 4. The number of carbonyl (C=O) groups excluding carboxylic acids is 4. The summed E-state index contributed by atoms with van der Waals surface area (Å²) in [4.78, 5) is 74.5. The Labute approximate surface area is 369 Å². The summed E-state index contributed by atoms with van der Waals surface area (Å²) in [6, 6.07) is 14.6. The van der Waals surface area contributed by atoms with Gasteiger partial charge < -0.3 is 49.3 Å². The van der Waals surface area contributed by atoms with Gasteiger partial charge in [0, 0.05) is 55.0 Å². The van der Waals surface area contributed by atoms with Gasteiger partial charge in [-0.2, -0.15) is 0 Å². The van der Waals surface area contributed by atoms with E-state index in [1.165, 1.54) is 14.2 Å². The zero-order valence-corrected chi connectivity index (χ0v) is 35.9. The molecule has 0 bridgehead atoms. The molecule has 6 fully saturated rings. The number of hydrogen-bond donors (Lipinski definition) is 4. The highest BCUT2D eigenvalue weighted by molar-refractivity contribution is 6.04. The summed E-state index contributed by atoms with van der Waals surface area (Å²) in [6.45, 7) is 2.23. The molecule has 2 saturated carbocycles. The quantitative estimate of drug-likeness (QED) is 0.142. The van der Waals surface area contributed by atoms with Crippen molar-refractivity contribution in [2.24, 2.45) is 23.7 Å². The predicted octanol–water partition coefficient (Wildman–Crippen LogP) is 5.62. The van der Waals surface area contributed by atoms with Crippen LogP contribution in [0.5, 0.6) is 0 Å². The van der Waals surface area contributed by atoms with E-state index in [1.54, 1.807) is 0 Å². The molecule has 11 rings (SSSR count). The first kappa shape index (κ1) is 40.6. The molecule has 8 atom stereocenters. The maximum atomic E-state index is 14.3. The van der Waals surface area contributed by atoms with Crippen LogP contribution in [0.15, 0.2) is 48.5 Å². The maximum absolute atomic E-state index is 14.3. The number of methoxy groups -OCH3 is 2. The fourth-order valence-corrected chi connectivity index (χ4v) is 11.1. The van der Waals surface area contributed by atoms with Crippen LogP contribution in [0.1, 0.15) is 86.2 Å². The molecular weight excluding hydrogens is 817 g/mol. The number of aromatic amines is 2. The third-order valence-electron chi connectivity index (χ3n) is 14.6. The number of alkyl carbamates (subject to hydrolysis) is 2. The molecule has 332 valence electrons. The maximum Gasteiger partial charge on any atom is 0.407 e. The van der Waals surface area contributed by atoms with Crippen molar-refractivity contribution in [3.63, 3.8) is 0 Å². The van der Waals surface area contributed by atoms with E-state index in [1.807, 2.05) is 40.1 Å². The average Bonchev–Trinajstić information content (AvgIpc) is 3.98.